The Balaban J connectivity index is 1.80. The Morgan fingerprint density at radius 1 is 1.35 bits per heavy atom. The van der Waals surface area contributed by atoms with E-state index in [1.165, 1.54) is 12.1 Å². The Bertz CT molecular complexity index is 1410. The van der Waals surface area contributed by atoms with Gasteiger partial charge in [0.25, 0.3) is 5.89 Å². The number of ether oxygens (including phenoxy) is 1. The number of benzene rings is 1. The van der Waals surface area contributed by atoms with Crippen molar-refractivity contribution in [2.45, 2.75) is 31.8 Å². The Morgan fingerprint density at radius 3 is 2.85 bits per heavy atom. The molecule has 0 amide bonds. The molecule has 1 aromatic carbocycles. The van der Waals surface area contributed by atoms with Gasteiger partial charge in [-0.1, -0.05) is 30.3 Å². The van der Waals surface area contributed by atoms with Crippen LogP contribution in [0.2, 0.25) is 0 Å². The molecule has 0 spiro atoms. The number of allylic oxidation sites excluding steroid dienone is 6. The number of nitrogens with two attached hydrogens (primary N) is 1. The summed E-state index contributed by atoms with van der Waals surface area (Å²) < 4.78 is 36.1. The van der Waals surface area contributed by atoms with Crippen LogP contribution in [0.5, 0.6) is 0 Å². The number of nitriles is 1. The number of sulfonamides is 1. The summed E-state index contributed by atoms with van der Waals surface area (Å²) in [6, 6.07) is 8.10. The average molecular weight is 481 g/mol. The number of aryl methyl sites for hydroxylation is 1. The van der Waals surface area contributed by atoms with Crippen LogP contribution in [0, 0.1) is 11.3 Å². The van der Waals surface area contributed by atoms with Gasteiger partial charge in [-0.3, -0.25) is 4.68 Å². The molecule has 0 saturated carbocycles. The zero-order valence-corrected chi connectivity index (χ0v) is 19.8. The first-order chi connectivity index (χ1) is 16.2. The van der Waals surface area contributed by atoms with Crippen molar-refractivity contribution in [1.82, 2.24) is 19.9 Å². The van der Waals surface area contributed by atoms with Crippen LogP contribution in [0.15, 0.2) is 75.5 Å². The molecule has 0 atom stereocenters. The first-order valence-corrected chi connectivity index (χ1v) is 11.8. The zero-order valence-electron chi connectivity index (χ0n) is 19.0. The van der Waals surface area contributed by atoms with E-state index in [9.17, 15) is 13.7 Å². The molecule has 34 heavy (non-hydrogen) atoms. The fourth-order valence-corrected chi connectivity index (χ4v) is 3.45. The van der Waals surface area contributed by atoms with Gasteiger partial charge in [-0.05, 0) is 43.7 Å². The van der Waals surface area contributed by atoms with Crippen molar-refractivity contribution in [1.29, 1.82) is 5.26 Å². The minimum absolute atomic E-state index is 0.0483. The van der Waals surface area contributed by atoms with E-state index in [0.29, 0.717) is 28.2 Å². The quantitative estimate of drug-likeness (QED) is 0.277. The van der Waals surface area contributed by atoms with Crippen LogP contribution < -0.4 is 5.14 Å². The van der Waals surface area contributed by atoms with Crippen LogP contribution in [-0.2, 0) is 28.4 Å². The highest BCUT2D eigenvalue weighted by Gasteiger charge is 2.19. The lowest BCUT2D eigenvalue weighted by atomic mass is 10.2. The lowest BCUT2D eigenvalue weighted by Crippen LogP contribution is -2.11. The van der Waals surface area contributed by atoms with Crippen LogP contribution >= 0.6 is 0 Å². The second kappa shape index (κ2) is 10.7. The van der Waals surface area contributed by atoms with Crippen LogP contribution in [0.4, 0.5) is 0 Å². The van der Waals surface area contributed by atoms with Gasteiger partial charge in [-0.2, -0.15) is 15.3 Å². The van der Waals surface area contributed by atoms with E-state index < -0.39 is 10.0 Å². The summed E-state index contributed by atoms with van der Waals surface area (Å²) >= 11 is 0. The Kier molecular flexibility index (Phi) is 7.78. The van der Waals surface area contributed by atoms with E-state index in [1.54, 1.807) is 55.2 Å². The molecule has 2 N–H and O–H groups in total. The molecule has 10 nitrogen and oxygen atoms in total. The predicted octanol–water partition coefficient (Wildman–Crippen LogP) is 3.62. The summed E-state index contributed by atoms with van der Waals surface area (Å²) in [4.78, 5) is 4.34. The highest BCUT2D eigenvalue weighted by atomic mass is 32.2. The molecule has 176 valence electrons. The molecule has 0 aliphatic carbocycles. The molecular weight excluding hydrogens is 456 g/mol. The van der Waals surface area contributed by atoms with Gasteiger partial charge in [0.15, 0.2) is 0 Å². The predicted molar refractivity (Wildman–Crippen MR) is 125 cm³/mol. The van der Waals surface area contributed by atoms with Gasteiger partial charge < -0.3 is 9.26 Å². The standard InChI is InChI=1S/C23H24N6O4S/c1-4-5-7-17(13-24)11-10-16(2)32-15-21-20(14-26-29(21)3)23-27-22(28-33-23)18-8-6-9-19(12-18)34(25,30)31/h5-12,14H,4,15H2,1-3H3,(H2,25,30,31)/b7-5+,16-10+,17-11+. The third-order valence-electron chi connectivity index (χ3n) is 4.74. The van der Waals surface area contributed by atoms with Gasteiger partial charge in [0.2, 0.25) is 15.8 Å². The number of aromatic nitrogens is 4. The van der Waals surface area contributed by atoms with Crippen molar-refractivity contribution in [3.05, 3.63) is 71.8 Å². The molecule has 2 heterocycles. The molecule has 3 rings (SSSR count). The number of primary sulfonamides is 1. The molecule has 3 aromatic rings. The third-order valence-corrected chi connectivity index (χ3v) is 5.65. The van der Waals surface area contributed by atoms with Crippen molar-refractivity contribution >= 4 is 10.0 Å². The van der Waals surface area contributed by atoms with Crippen LogP contribution in [0.25, 0.3) is 22.8 Å². The maximum Gasteiger partial charge on any atom is 0.261 e. The van der Waals surface area contributed by atoms with Gasteiger partial charge in [0.1, 0.15) is 6.61 Å². The molecule has 11 heteroatoms. The van der Waals surface area contributed by atoms with Crippen molar-refractivity contribution in [2.75, 3.05) is 0 Å². The number of hydrogen-bond acceptors (Lipinski definition) is 8. The fraction of sp³-hybridized carbons (Fsp3) is 0.217. The monoisotopic (exact) mass is 480 g/mol. The third kappa shape index (κ3) is 6.06. The molecule has 0 aliphatic rings. The lowest BCUT2D eigenvalue weighted by Gasteiger charge is -2.07. The average Bonchev–Trinajstić information content (AvgIpc) is 3.44. The van der Waals surface area contributed by atoms with Crippen molar-refractivity contribution < 1.29 is 17.7 Å². The Hall–Kier alpha value is -4.01. The lowest BCUT2D eigenvalue weighted by molar-refractivity contribution is 0.193. The minimum Gasteiger partial charge on any atom is -0.492 e. The molecule has 0 radical (unpaired) electrons. The highest BCUT2D eigenvalue weighted by molar-refractivity contribution is 7.89. The van der Waals surface area contributed by atoms with Crippen molar-refractivity contribution in [3.8, 4) is 28.9 Å². The number of hydrogen-bond donors (Lipinski definition) is 1. The van der Waals surface area contributed by atoms with Crippen molar-refractivity contribution in [3.63, 3.8) is 0 Å². The normalized spacial score (nSPS) is 12.8. The molecular formula is C23H24N6O4S. The number of rotatable bonds is 9. The topological polar surface area (TPSA) is 150 Å². The number of nitrogens with zero attached hydrogens (tertiary/aromatic N) is 5. The molecule has 0 fully saturated rings. The molecule has 0 saturated heterocycles. The molecule has 0 bridgehead atoms. The van der Waals surface area contributed by atoms with E-state index in [-0.39, 0.29) is 23.2 Å². The van der Waals surface area contributed by atoms with E-state index in [0.717, 1.165) is 6.42 Å². The van der Waals surface area contributed by atoms with Crippen LogP contribution in [0.1, 0.15) is 26.0 Å². The summed E-state index contributed by atoms with van der Waals surface area (Å²) in [6.07, 6.45) is 9.50. The second-order valence-electron chi connectivity index (χ2n) is 7.23. The van der Waals surface area contributed by atoms with E-state index in [4.69, 9.17) is 14.4 Å². The fourth-order valence-electron chi connectivity index (χ4n) is 2.89. The van der Waals surface area contributed by atoms with E-state index in [1.807, 2.05) is 13.0 Å². The minimum atomic E-state index is -3.86. The second-order valence-corrected chi connectivity index (χ2v) is 8.80. The summed E-state index contributed by atoms with van der Waals surface area (Å²) in [5.74, 6) is 1.03. The summed E-state index contributed by atoms with van der Waals surface area (Å²) in [7, 11) is -2.10. The molecule has 0 aliphatic heterocycles. The highest BCUT2D eigenvalue weighted by Crippen LogP contribution is 2.26. The van der Waals surface area contributed by atoms with Gasteiger partial charge in [0.05, 0.1) is 39.8 Å². The Morgan fingerprint density at radius 2 is 2.15 bits per heavy atom. The maximum absolute atomic E-state index is 11.6. The van der Waals surface area contributed by atoms with Crippen molar-refractivity contribution in [2.24, 2.45) is 12.2 Å². The van der Waals surface area contributed by atoms with Gasteiger partial charge in [-0.25, -0.2) is 13.6 Å². The zero-order chi connectivity index (χ0) is 24.7. The van der Waals surface area contributed by atoms with Gasteiger partial charge in [0, 0.05) is 12.6 Å². The van der Waals surface area contributed by atoms with Gasteiger partial charge in [-0.15, -0.1) is 0 Å². The van der Waals surface area contributed by atoms with E-state index >= 15 is 0 Å². The molecule has 2 aromatic heterocycles. The van der Waals surface area contributed by atoms with Crippen LogP contribution in [-0.4, -0.2) is 28.3 Å². The first-order valence-electron chi connectivity index (χ1n) is 10.3. The summed E-state index contributed by atoms with van der Waals surface area (Å²) in [6.45, 7) is 3.96. The smallest absolute Gasteiger partial charge is 0.261 e. The largest absolute Gasteiger partial charge is 0.492 e. The summed E-state index contributed by atoms with van der Waals surface area (Å²) in [5, 5.41) is 22.6. The SMILES string of the molecule is CC/C=C/C(C#N)=C\C=C(/C)OCc1c(-c2nc(-c3cccc(S(N)(=O)=O)c3)no2)cnn1C. The molecule has 0 unspecified atom stereocenters. The summed E-state index contributed by atoms with van der Waals surface area (Å²) in [5.41, 5.74) is 2.24. The van der Waals surface area contributed by atoms with E-state index in [2.05, 4.69) is 21.3 Å². The maximum atomic E-state index is 11.6. The first kappa shape index (κ1) is 24.6. The van der Waals surface area contributed by atoms with Crippen LogP contribution in [0.3, 0.4) is 0 Å². The Labute approximate surface area is 197 Å². The van der Waals surface area contributed by atoms with Gasteiger partial charge >= 0.3 is 0 Å².